The zero-order valence-electron chi connectivity index (χ0n) is 14.0. The quantitative estimate of drug-likeness (QED) is 0.863. The van der Waals surface area contributed by atoms with Gasteiger partial charge in [0.2, 0.25) is 5.91 Å². The van der Waals surface area contributed by atoms with Crippen LogP contribution in [0.3, 0.4) is 0 Å². The van der Waals surface area contributed by atoms with Gasteiger partial charge in [-0.05, 0) is 50.4 Å². The molecule has 21 heavy (non-hydrogen) atoms. The number of amides is 1. The number of rotatable bonds is 3. The van der Waals surface area contributed by atoms with Gasteiger partial charge < -0.3 is 4.90 Å². The predicted octanol–water partition coefficient (Wildman–Crippen LogP) is 3.54. The molecule has 3 aliphatic rings. The first-order valence-corrected chi connectivity index (χ1v) is 9.18. The van der Waals surface area contributed by atoms with Crippen molar-refractivity contribution in [1.29, 1.82) is 0 Å². The van der Waals surface area contributed by atoms with Gasteiger partial charge >= 0.3 is 0 Å². The zero-order valence-corrected chi connectivity index (χ0v) is 14.0. The molecule has 0 spiro atoms. The van der Waals surface area contributed by atoms with Crippen molar-refractivity contribution in [2.24, 2.45) is 17.8 Å². The molecule has 2 aliphatic carbocycles. The fourth-order valence-electron chi connectivity index (χ4n) is 5.04. The van der Waals surface area contributed by atoms with Crippen molar-refractivity contribution in [3.8, 4) is 0 Å². The Morgan fingerprint density at radius 2 is 1.67 bits per heavy atom. The van der Waals surface area contributed by atoms with Crippen molar-refractivity contribution in [3.05, 3.63) is 0 Å². The monoisotopic (exact) mass is 292 g/mol. The lowest BCUT2D eigenvalue weighted by atomic mass is 9.76. The van der Waals surface area contributed by atoms with Crippen LogP contribution in [0.4, 0.5) is 0 Å². The summed E-state index contributed by atoms with van der Waals surface area (Å²) in [6.07, 6.45) is 10.8. The van der Waals surface area contributed by atoms with E-state index in [9.17, 15) is 4.79 Å². The molecule has 2 saturated carbocycles. The van der Waals surface area contributed by atoms with Crippen LogP contribution in [0.2, 0.25) is 0 Å². The van der Waals surface area contributed by atoms with Gasteiger partial charge in [0.25, 0.3) is 0 Å². The average Bonchev–Trinajstić information content (AvgIpc) is 3.08. The summed E-state index contributed by atoms with van der Waals surface area (Å²) in [5.74, 6) is 2.43. The summed E-state index contributed by atoms with van der Waals surface area (Å²) in [4.78, 5) is 15.1. The summed E-state index contributed by atoms with van der Waals surface area (Å²) in [5.41, 5.74) is 0. The second kappa shape index (κ2) is 6.28. The van der Waals surface area contributed by atoms with E-state index in [2.05, 4.69) is 31.0 Å². The highest BCUT2D eigenvalue weighted by atomic mass is 16.2. The third-order valence-corrected chi connectivity index (χ3v) is 6.19. The average molecular weight is 292 g/mol. The minimum absolute atomic E-state index is 0.0188. The van der Waals surface area contributed by atoms with Crippen LogP contribution in [0.5, 0.6) is 0 Å². The van der Waals surface area contributed by atoms with Gasteiger partial charge in [0.15, 0.2) is 0 Å². The van der Waals surface area contributed by atoms with E-state index in [0.29, 0.717) is 35.9 Å². The lowest BCUT2D eigenvalue weighted by molar-refractivity contribution is -0.135. The first-order valence-electron chi connectivity index (χ1n) is 9.18. The lowest BCUT2D eigenvalue weighted by Crippen LogP contribution is -2.52. The molecule has 120 valence electrons. The molecule has 1 saturated heterocycles. The van der Waals surface area contributed by atoms with Crippen LogP contribution in [0.1, 0.15) is 72.1 Å². The van der Waals surface area contributed by atoms with Gasteiger partial charge in [-0.15, -0.1) is 0 Å². The number of carbonyl (C=O) groups excluding carboxylic acids is 1. The Balaban J connectivity index is 1.82. The van der Waals surface area contributed by atoms with E-state index in [1.54, 1.807) is 0 Å². The van der Waals surface area contributed by atoms with Crippen molar-refractivity contribution in [2.45, 2.75) is 90.4 Å². The largest absolute Gasteiger partial charge is 0.322 e. The van der Waals surface area contributed by atoms with Crippen LogP contribution < -0.4 is 5.32 Å². The van der Waals surface area contributed by atoms with E-state index >= 15 is 0 Å². The van der Waals surface area contributed by atoms with Gasteiger partial charge in [-0.25, -0.2) is 0 Å². The maximum absolute atomic E-state index is 12.8. The molecule has 0 radical (unpaired) electrons. The first-order chi connectivity index (χ1) is 10.1. The van der Waals surface area contributed by atoms with Crippen molar-refractivity contribution < 1.29 is 4.79 Å². The minimum Gasteiger partial charge on any atom is -0.322 e. The Hall–Kier alpha value is -0.570. The first kappa shape index (κ1) is 15.3. The Bertz CT molecular complexity index is 375. The van der Waals surface area contributed by atoms with E-state index in [1.807, 2.05) is 0 Å². The number of hydrogen-bond donors (Lipinski definition) is 1. The molecular formula is C18H32N2O. The number of nitrogens with zero attached hydrogens (tertiary/aromatic N) is 1. The van der Waals surface area contributed by atoms with Gasteiger partial charge in [0, 0.05) is 6.04 Å². The van der Waals surface area contributed by atoms with Crippen LogP contribution in [0.15, 0.2) is 0 Å². The molecule has 0 aromatic heterocycles. The Labute approximate surface area is 129 Å². The summed E-state index contributed by atoms with van der Waals surface area (Å²) in [6.45, 7) is 6.73. The molecule has 4 unspecified atom stereocenters. The standard InChI is InChI=1S/C18H32N2O/c1-12(2)15-10-6-7-11-16(15)20-17(14-8-4-5-9-14)19-13(3)18(20)21/h12-17,19H,4-11H2,1-3H3. The Morgan fingerprint density at radius 1 is 1.05 bits per heavy atom. The molecule has 3 rings (SSSR count). The topological polar surface area (TPSA) is 32.3 Å². The van der Waals surface area contributed by atoms with E-state index in [4.69, 9.17) is 0 Å². The second-order valence-electron chi connectivity index (χ2n) is 7.88. The van der Waals surface area contributed by atoms with Gasteiger partial charge in [-0.1, -0.05) is 39.5 Å². The number of hydrogen-bond acceptors (Lipinski definition) is 2. The van der Waals surface area contributed by atoms with Gasteiger partial charge in [0.1, 0.15) is 0 Å². The van der Waals surface area contributed by atoms with E-state index in [-0.39, 0.29) is 6.04 Å². The predicted molar refractivity (Wildman–Crippen MR) is 85.8 cm³/mol. The Kier molecular flexibility index (Phi) is 4.58. The SMILES string of the molecule is CC1NC(C2CCCC2)N(C2CCCCC2C(C)C)C1=O. The molecule has 4 atom stereocenters. The molecule has 0 aromatic rings. The molecular weight excluding hydrogens is 260 g/mol. The van der Waals surface area contributed by atoms with Crippen molar-refractivity contribution in [3.63, 3.8) is 0 Å². The maximum atomic E-state index is 12.8. The summed E-state index contributed by atoms with van der Waals surface area (Å²) in [7, 11) is 0. The smallest absolute Gasteiger partial charge is 0.240 e. The van der Waals surface area contributed by atoms with Crippen molar-refractivity contribution >= 4 is 5.91 Å². The molecule has 1 aliphatic heterocycles. The zero-order chi connectivity index (χ0) is 15.0. The highest BCUT2D eigenvalue weighted by Gasteiger charge is 2.47. The van der Waals surface area contributed by atoms with Gasteiger partial charge in [-0.2, -0.15) is 0 Å². The van der Waals surface area contributed by atoms with Crippen LogP contribution in [0, 0.1) is 17.8 Å². The molecule has 0 bridgehead atoms. The Morgan fingerprint density at radius 3 is 2.33 bits per heavy atom. The van der Waals surface area contributed by atoms with Crippen molar-refractivity contribution in [1.82, 2.24) is 10.2 Å². The third-order valence-electron chi connectivity index (χ3n) is 6.19. The maximum Gasteiger partial charge on any atom is 0.240 e. The summed E-state index contributed by atoms with van der Waals surface area (Å²) in [6, 6.07) is 0.500. The molecule has 3 heteroatoms. The van der Waals surface area contributed by atoms with Crippen LogP contribution in [-0.4, -0.2) is 29.1 Å². The molecule has 3 fully saturated rings. The van der Waals surface area contributed by atoms with Gasteiger partial charge in [0.05, 0.1) is 12.2 Å². The molecule has 1 N–H and O–H groups in total. The normalized spacial score (nSPS) is 38.7. The number of nitrogens with one attached hydrogen (secondary N) is 1. The van der Waals surface area contributed by atoms with E-state index in [0.717, 1.165) is 0 Å². The van der Waals surface area contributed by atoms with E-state index < -0.39 is 0 Å². The van der Waals surface area contributed by atoms with Gasteiger partial charge in [-0.3, -0.25) is 10.1 Å². The minimum atomic E-state index is 0.0188. The highest BCUT2D eigenvalue weighted by molar-refractivity contribution is 5.84. The van der Waals surface area contributed by atoms with Crippen LogP contribution in [-0.2, 0) is 4.79 Å². The highest BCUT2D eigenvalue weighted by Crippen LogP contribution is 2.39. The van der Waals surface area contributed by atoms with Crippen molar-refractivity contribution in [2.75, 3.05) is 0 Å². The third kappa shape index (κ3) is 2.86. The lowest BCUT2D eigenvalue weighted by Gasteiger charge is -2.43. The summed E-state index contributed by atoms with van der Waals surface area (Å²) >= 11 is 0. The fourth-order valence-corrected chi connectivity index (χ4v) is 5.04. The fraction of sp³-hybridized carbons (Fsp3) is 0.944. The summed E-state index contributed by atoms with van der Waals surface area (Å²) in [5, 5.41) is 3.63. The molecule has 0 aromatic carbocycles. The summed E-state index contributed by atoms with van der Waals surface area (Å²) < 4.78 is 0. The molecule has 3 nitrogen and oxygen atoms in total. The van der Waals surface area contributed by atoms with E-state index in [1.165, 1.54) is 51.4 Å². The van der Waals surface area contributed by atoms with Crippen LogP contribution >= 0.6 is 0 Å². The second-order valence-corrected chi connectivity index (χ2v) is 7.88. The molecule has 1 amide bonds. The molecule has 1 heterocycles. The number of carbonyl (C=O) groups is 1. The van der Waals surface area contributed by atoms with Crippen LogP contribution in [0.25, 0.3) is 0 Å².